The molecule has 0 saturated carbocycles. The van der Waals surface area contributed by atoms with E-state index < -0.39 is 0 Å². The molecule has 0 radical (unpaired) electrons. The number of pyridine rings is 1. The Balaban J connectivity index is 2.20. The van der Waals surface area contributed by atoms with Crippen LogP contribution in [0.4, 0.5) is 5.69 Å². The van der Waals surface area contributed by atoms with E-state index >= 15 is 0 Å². The Morgan fingerprint density at radius 2 is 2.10 bits per heavy atom. The smallest absolute Gasteiger partial charge is 0.174 e. The van der Waals surface area contributed by atoms with Crippen LogP contribution >= 0.6 is 0 Å². The fourth-order valence-corrected chi connectivity index (χ4v) is 2.89. The number of amidine groups is 1. The van der Waals surface area contributed by atoms with Gasteiger partial charge in [-0.05, 0) is 45.8 Å². The van der Waals surface area contributed by atoms with Crippen LogP contribution in [0.25, 0.3) is 0 Å². The standard InChI is InChI=1S/C15H25N5O/c1-11-10-13(14(12(2)17-11)15(16)18-21)19(3)8-9-20-6-4-5-7-20/h10,21H,4-9H2,1-3H3,(H2,16,18). The number of hydrogen-bond acceptors (Lipinski definition) is 5. The molecule has 0 spiro atoms. The molecule has 1 fully saturated rings. The zero-order chi connectivity index (χ0) is 15.4. The number of aryl methyl sites for hydroxylation is 2. The SMILES string of the molecule is Cc1cc(N(C)CCN2CCCC2)c(/C(N)=N/O)c(C)n1. The number of nitrogens with zero attached hydrogens (tertiary/aromatic N) is 4. The van der Waals surface area contributed by atoms with Crippen LogP contribution in [-0.4, -0.2) is 54.2 Å². The molecule has 1 aromatic rings. The largest absolute Gasteiger partial charge is 0.409 e. The van der Waals surface area contributed by atoms with Crippen LogP contribution in [0.15, 0.2) is 11.2 Å². The highest BCUT2D eigenvalue weighted by atomic mass is 16.4. The van der Waals surface area contributed by atoms with Crippen molar-refractivity contribution in [2.45, 2.75) is 26.7 Å². The minimum absolute atomic E-state index is 0.114. The van der Waals surface area contributed by atoms with Crippen LogP contribution in [0.1, 0.15) is 29.8 Å². The molecule has 6 nitrogen and oxygen atoms in total. The molecule has 0 amide bonds. The summed E-state index contributed by atoms with van der Waals surface area (Å²) >= 11 is 0. The molecule has 0 aromatic carbocycles. The first-order chi connectivity index (χ1) is 10.0. The van der Waals surface area contributed by atoms with Crippen molar-refractivity contribution in [1.82, 2.24) is 9.88 Å². The van der Waals surface area contributed by atoms with Gasteiger partial charge in [-0.25, -0.2) is 0 Å². The summed E-state index contributed by atoms with van der Waals surface area (Å²) in [5.41, 5.74) is 9.23. The lowest BCUT2D eigenvalue weighted by atomic mass is 10.1. The fraction of sp³-hybridized carbons (Fsp3) is 0.600. The van der Waals surface area contributed by atoms with E-state index in [2.05, 4.69) is 19.9 Å². The average molecular weight is 291 g/mol. The lowest BCUT2D eigenvalue weighted by Crippen LogP contribution is -2.33. The van der Waals surface area contributed by atoms with Gasteiger partial charge in [0.1, 0.15) is 0 Å². The fourth-order valence-electron chi connectivity index (χ4n) is 2.89. The highest BCUT2D eigenvalue weighted by molar-refractivity contribution is 6.03. The Kier molecular flexibility index (Phi) is 5.01. The van der Waals surface area contributed by atoms with Crippen molar-refractivity contribution in [2.75, 3.05) is 38.1 Å². The first-order valence-electron chi connectivity index (χ1n) is 7.42. The number of nitrogens with two attached hydrogens (primary N) is 1. The van der Waals surface area contributed by atoms with Crippen molar-refractivity contribution in [1.29, 1.82) is 0 Å². The van der Waals surface area contributed by atoms with Crippen molar-refractivity contribution < 1.29 is 5.21 Å². The molecule has 1 aliphatic heterocycles. The Hall–Kier alpha value is -1.82. The van der Waals surface area contributed by atoms with Crippen molar-refractivity contribution >= 4 is 11.5 Å². The molecule has 0 aliphatic carbocycles. The molecule has 21 heavy (non-hydrogen) atoms. The molecular formula is C15H25N5O. The quantitative estimate of drug-likeness (QED) is 0.370. The number of oxime groups is 1. The van der Waals surface area contributed by atoms with Gasteiger partial charge in [-0.3, -0.25) is 4.98 Å². The molecule has 2 heterocycles. The molecule has 2 rings (SSSR count). The first kappa shape index (κ1) is 15.6. The first-order valence-corrected chi connectivity index (χ1v) is 7.42. The minimum Gasteiger partial charge on any atom is -0.409 e. The van der Waals surface area contributed by atoms with Gasteiger partial charge in [0.05, 0.1) is 16.9 Å². The van der Waals surface area contributed by atoms with E-state index in [1.54, 1.807) is 0 Å². The molecule has 116 valence electrons. The Labute approximate surface area is 126 Å². The van der Waals surface area contributed by atoms with Crippen molar-refractivity contribution in [3.63, 3.8) is 0 Å². The van der Waals surface area contributed by atoms with E-state index in [1.165, 1.54) is 25.9 Å². The van der Waals surface area contributed by atoms with Crippen LogP contribution in [-0.2, 0) is 0 Å². The number of rotatable bonds is 5. The molecule has 0 unspecified atom stereocenters. The van der Waals surface area contributed by atoms with Gasteiger partial charge in [0.2, 0.25) is 0 Å². The number of likely N-dealkylation sites (tertiary alicyclic amines) is 1. The summed E-state index contributed by atoms with van der Waals surface area (Å²) in [6.07, 6.45) is 2.60. The van der Waals surface area contributed by atoms with Gasteiger partial charge in [-0.1, -0.05) is 5.16 Å². The van der Waals surface area contributed by atoms with Crippen LogP contribution in [0.3, 0.4) is 0 Å². The topological polar surface area (TPSA) is 78.0 Å². The number of hydrogen-bond donors (Lipinski definition) is 2. The van der Waals surface area contributed by atoms with E-state index in [9.17, 15) is 0 Å². The zero-order valence-corrected chi connectivity index (χ0v) is 13.1. The maximum Gasteiger partial charge on any atom is 0.174 e. The summed E-state index contributed by atoms with van der Waals surface area (Å²) in [4.78, 5) is 9.05. The third kappa shape index (κ3) is 3.64. The molecule has 1 aliphatic rings. The third-order valence-corrected chi connectivity index (χ3v) is 4.03. The van der Waals surface area contributed by atoms with E-state index in [1.807, 2.05) is 27.0 Å². The average Bonchev–Trinajstić information content (AvgIpc) is 2.96. The Bertz CT molecular complexity index is 523. The zero-order valence-electron chi connectivity index (χ0n) is 13.1. The van der Waals surface area contributed by atoms with Crippen LogP contribution in [0, 0.1) is 13.8 Å². The second-order valence-electron chi connectivity index (χ2n) is 5.70. The summed E-state index contributed by atoms with van der Waals surface area (Å²) < 4.78 is 0. The molecule has 0 bridgehead atoms. The van der Waals surface area contributed by atoms with Gasteiger partial charge in [-0.2, -0.15) is 0 Å². The third-order valence-electron chi connectivity index (χ3n) is 4.03. The van der Waals surface area contributed by atoms with Crippen molar-refractivity contribution in [2.24, 2.45) is 10.9 Å². The number of likely N-dealkylation sites (N-methyl/N-ethyl adjacent to an activating group) is 1. The normalized spacial score (nSPS) is 16.4. The van der Waals surface area contributed by atoms with Crippen molar-refractivity contribution in [3.05, 3.63) is 23.0 Å². The van der Waals surface area contributed by atoms with Crippen LogP contribution in [0.2, 0.25) is 0 Å². The monoisotopic (exact) mass is 291 g/mol. The van der Waals surface area contributed by atoms with Gasteiger partial charge >= 0.3 is 0 Å². The van der Waals surface area contributed by atoms with Gasteiger partial charge in [0, 0.05) is 25.8 Å². The van der Waals surface area contributed by atoms with Crippen molar-refractivity contribution in [3.8, 4) is 0 Å². The molecule has 6 heteroatoms. The minimum atomic E-state index is 0.114. The second-order valence-corrected chi connectivity index (χ2v) is 5.70. The van der Waals surface area contributed by atoms with E-state index in [0.717, 1.165) is 30.2 Å². The summed E-state index contributed by atoms with van der Waals surface area (Å²) in [7, 11) is 2.04. The molecule has 1 saturated heterocycles. The van der Waals surface area contributed by atoms with Gasteiger partial charge < -0.3 is 20.7 Å². The number of aromatic nitrogens is 1. The van der Waals surface area contributed by atoms with Crippen LogP contribution < -0.4 is 10.6 Å². The van der Waals surface area contributed by atoms with Gasteiger partial charge in [-0.15, -0.1) is 0 Å². The predicted molar refractivity (Wildman–Crippen MR) is 85.2 cm³/mol. The lowest BCUT2D eigenvalue weighted by molar-refractivity contribution is 0.318. The van der Waals surface area contributed by atoms with Gasteiger partial charge in [0.15, 0.2) is 5.84 Å². The second kappa shape index (κ2) is 6.76. The Morgan fingerprint density at radius 1 is 1.43 bits per heavy atom. The summed E-state index contributed by atoms with van der Waals surface area (Å²) in [5, 5.41) is 12.1. The predicted octanol–water partition coefficient (Wildman–Crippen LogP) is 1.32. The highest BCUT2D eigenvalue weighted by Crippen LogP contribution is 2.23. The molecule has 0 atom stereocenters. The van der Waals surface area contributed by atoms with E-state index in [-0.39, 0.29) is 5.84 Å². The lowest BCUT2D eigenvalue weighted by Gasteiger charge is -2.26. The van der Waals surface area contributed by atoms with Crippen LogP contribution in [0.5, 0.6) is 0 Å². The summed E-state index contributed by atoms with van der Waals surface area (Å²) in [6.45, 7) is 8.17. The van der Waals surface area contributed by atoms with Gasteiger partial charge in [0.25, 0.3) is 0 Å². The van der Waals surface area contributed by atoms with E-state index in [0.29, 0.717) is 5.56 Å². The van der Waals surface area contributed by atoms with E-state index in [4.69, 9.17) is 10.9 Å². The Morgan fingerprint density at radius 3 is 2.71 bits per heavy atom. The highest BCUT2D eigenvalue weighted by Gasteiger charge is 2.17. The maximum absolute atomic E-state index is 9.00. The summed E-state index contributed by atoms with van der Waals surface area (Å²) in [6, 6.07) is 1.99. The molecular weight excluding hydrogens is 266 g/mol. The molecule has 1 aromatic heterocycles. The maximum atomic E-state index is 9.00. The summed E-state index contributed by atoms with van der Waals surface area (Å²) in [5.74, 6) is 0.114. The molecule has 3 N–H and O–H groups in total. The number of anilines is 1.